The summed E-state index contributed by atoms with van der Waals surface area (Å²) in [6, 6.07) is 7.35. The topological polar surface area (TPSA) is 306 Å². The zero-order chi connectivity index (χ0) is 48.9. The number of anilines is 2. The lowest BCUT2D eigenvalue weighted by Gasteiger charge is -2.23. The van der Waals surface area contributed by atoms with E-state index < -0.39 is 99.5 Å². The Labute approximate surface area is 378 Å². The summed E-state index contributed by atoms with van der Waals surface area (Å²) in [6.45, 7) is 4.65. The van der Waals surface area contributed by atoms with Crippen molar-refractivity contribution in [3.05, 3.63) is 94.6 Å². The predicted molar refractivity (Wildman–Crippen MR) is 237 cm³/mol. The summed E-state index contributed by atoms with van der Waals surface area (Å²) in [4.78, 5) is 91.7. The van der Waals surface area contributed by atoms with Gasteiger partial charge in [-0.05, 0) is 55.5 Å². The highest BCUT2D eigenvalue weighted by atomic mass is 19.1. The maximum atomic E-state index is 15.1. The fourth-order valence-corrected chi connectivity index (χ4v) is 5.94. The second-order valence-electron chi connectivity index (χ2n) is 15.2. The lowest BCUT2D eigenvalue weighted by Crippen LogP contribution is -2.56. The highest BCUT2D eigenvalue weighted by Gasteiger charge is 2.28. The van der Waals surface area contributed by atoms with Crippen molar-refractivity contribution in [2.45, 2.75) is 77.0 Å². The molecule has 0 unspecified atom stereocenters. The van der Waals surface area contributed by atoms with Crippen molar-refractivity contribution in [2.75, 3.05) is 37.0 Å². The van der Waals surface area contributed by atoms with Crippen LogP contribution in [0.25, 0.3) is 0 Å². The van der Waals surface area contributed by atoms with Crippen molar-refractivity contribution in [2.24, 2.45) is 28.1 Å². The first-order valence-electron chi connectivity index (χ1n) is 20.9. The Bertz CT molecular complexity index is 2170. The van der Waals surface area contributed by atoms with E-state index in [0.29, 0.717) is 42.5 Å². The van der Waals surface area contributed by atoms with Crippen LogP contribution in [-0.4, -0.2) is 98.0 Å². The molecule has 358 valence electrons. The van der Waals surface area contributed by atoms with Crippen LogP contribution in [0.1, 0.15) is 72.7 Å². The number of guanidine groups is 1. The molecule has 0 fully saturated rings. The van der Waals surface area contributed by atoms with Crippen LogP contribution in [0.2, 0.25) is 0 Å². The van der Waals surface area contributed by atoms with Crippen molar-refractivity contribution < 1.29 is 51.1 Å². The van der Waals surface area contributed by atoms with Gasteiger partial charge in [-0.25, -0.2) is 17.6 Å². The van der Waals surface area contributed by atoms with Gasteiger partial charge < -0.3 is 53.9 Å². The Morgan fingerprint density at radius 2 is 1.18 bits per heavy atom. The van der Waals surface area contributed by atoms with Crippen LogP contribution in [0.5, 0.6) is 0 Å². The highest BCUT2D eigenvalue weighted by Crippen LogP contribution is 2.25. The van der Waals surface area contributed by atoms with E-state index in [1.54, 1.807) is 51.1 Å². The molecule has 0 aliphatic heterocycles. The lowest BCUT2D eigenvalue weighted by molar-refractivity contribution is -0.132. The van der Waals surface area contributed by atoms with Gasteiger partial charge in [0, 0.05) is 49.6 Å². The summed E-state index contributed by atoms with van der Waals surface area (Å²) in [5, 5.41) is 15.1. The number of halogens is 4. The molecule has 0 radical (unpaired) electrons. The van der Waals surface area contributed by atoms with Crippen molar-refractivity contribution in [1.82, 2.24) is 31.9 Å². The molecule has 0 heterocycles. The molecule has 14 N–H and O–H groups in total. The minimum Gasteiger partial charge on any atom is -0.370 e. The number of hydrazine groups is 1. The standard InChI is InChI=1S/C43H56F4N12O7/c1-4-33(56-40(64)32(48)11-8-13-54-43(49)50)42(66)57-34(17-24-9-6-5-7-10-24)41(65)53-16-15-52-39(63)26-20-30(46)36(31(47)21-26)59-58-35-28(44)18-25(19-29(35)45)38(62)51-14-12-27(22-60)55-37(61)23(2)3/h5-7,9-10,18-23,27,32-34,58-59H,4,8,11-17,48H2,1-3H3,(H,51,62)(H,52,63)(H,53,65)(H,55,61)(H,56,64)(H,57,66)(H4,49,50,54)/t27-,32+,33+,34-/m1/s1. The second kappa shape index (κ2) is 26.5. The average molecular weight is 929 g/mol. The van der Waals surface area contributed by atoms with Gasteiger partial charge in [0.1, 0.15) is 29.7 Å². The van der Waals surface area contributed by atoms with E-state index in [2.05, 4.69) is 36.9 Å². The molecule has 0 saturated carbocycles. The largest absolute Gasteiger partial charge is 0.370 e. The van der Waals surface area contributed by atoms with Gasteiger partial charge in [0.15, 0.2) is 29.2 Å². The van der Waals surface area contributed by atoms with E-state index in [9.17, 15) is 42.3 Å². The normalized spacial score (nSPS) is 12.6. The molecule has 0 aliphatic rings. The van der Waals surface area contributed by atoms with Gasteiger partial charge in [-0.1, -0.05) is 51.1 Å². The third-order valence-corrected chi connectivity index (χ3v) is 9.65. The first-order valence-corrected chi connectivity index (χ1v) is 20.9. The van der Waals surface area contributed by atoms with Crippen LogP contribution in [-0.2, 0) is 30.4 Å². The van der Waals surface area contributed by atoms with Gasteiger partial charge >= 0.3 is 0 Å². The first-order chi connectivity index (χ1) is 31.3. The number of aldehydes is 1. The van der Waals surface area contributed by atoms with E-state index in [4.69, 9.17) is 17.2 Å². The number of rotatable bonds is 26. The molecule has 0 saturated heterocycles. The number of hydrogen-bond donors (Lipinski definition) is 11. The molecular formula is C43H56F4N12O7. The Kier molecular flexibility index (Phi) is 21.3. The van der Waals surface area contributed by atoms with Crippen molar-refractivity contribution in [3.8, 4) is 0 Å². The summed E-state index contributed by atoms with van der Waals surface area (Å²) >= 11 is 0. The summed E-state index contributed by atoms with van der Waals surface area (Å²) in [6.07, 6.45) is 1.38. The minimum atomic E-state index is -1.33. The van der Waals surface area contributed by atoms with Gasteiger partial charge in [-0.2, -0.15) is 0 Å². The maximum absolute atomic E-state index is 15.1. The number of hydrogen-bond acceptors (Lipinski definition) is 11. The number of nitrogens with two attached hydrogens (primary N) is 3. The number of nitrogens with one attached hydrogen (secondary N) is 8. The molecule has 0 bridgehead atoms. The smallest absolute Gasteiger partial charge is 0.251 e. The van der Waals surface area contributed by atoms with Gasteiger partial charge in [0.05, 0.1) is 12.1 Å². The van der Waals surface area contributed by atoms with Crippen LogP contribution in [0.4, 0.5) is 28.9 Å². The molecule has 23 heteroatoms. The minimum absolute atomic E-state index is 0.00464. The van der Waals surface area contributed by atoms with Crippen molar-refractivity contribution in [1.29, 1.82) is 0 Å². The van der Waals surface area contributed by atoms with Crippen molar-refractivity contribution in [3.63, 3.8) is 0 Å². The summed E-state index contributed by atoms with van der Waals surface area (Å²) in [5.74, 6) is -9.88. The Balaban J connectivity index is 1.56. The van der Waals surface area contributed by atoms with Crippen LogP contribution in [0.15, 0.2) is 59.6 Å². The summed E-state index contributed by atoms with van der Waals surface area (Å²) in [7, 11) is 0. The fraction of sp³-hybridized carbons (Fsp3) is 0.395. The molecule has 3 rings (SSSR count). The van der Waals surface area contributed by atoms with E-state index in [1.165, 1.54) is 0 Å². The predicted octanol–water partition coefficient (Wildman–Crippen LogP) is 0.991. The van der Waals surface area contributed by atoms with Crippen LogP contribution in [0.3, 0.4) is 0 Å². The Hall–Kier alpha value is -7.30. The number of aliphatic imine (C=N–C) groups is 1. The number of nitrogens with zero attached hydrogens (tertiary/aromatic N) is 1. The van der Waals surface area contributed by atoms with E-state index in [-0.39, 0.29) is 69.6 Å². The number of amides is 6. The highest BCUT2D eigenvalue weighted by molar-refractivity contribution is 5.96. The third-order valence-electron chi connectivity index (χ3n) is 9.65. The Morgan fingerprint density at radius 3 is 1.68 bits per heavy atom. The van der Waals surface area contributed by atoms with Gasteiger partial charge in [0.2, 0.25) is 23.6 Å². The number of carbonyl (C=O) groups is 7. The number of carbonyl (C=O) groups excluding carboxylic acids is 7. The molecule has 3 aromatic rings. The fourth-order valence-electron chi connectivity index (χ4n) is 5.94. The number of benzene rings is 3. The van der Waals surface area contributed by atoms with Gasteiger partial charge in [0.25, 0.3) is 11.8 Å². The summed E-state index contributed by atoms with van der Waals surface area (Å²) in [5.41, 5.74) is 18.6. The van der Waals surface area contributed by atoms with Crippen LogP contribution in [0, 0.1) is 29.2 Å². The van der Waals surface area contributed by atoms with E-state index >= 15 is 8.78 Å². The SMILES string of the molecule is CC[C@H](NC(=O)[C@@H](N)CCCN=C(N)N)C(=O)N[C@H](Cc1ccccc1)C(=O)NCCNC(=O)c1cc(F)c(NNc2c(F)cc(C(=O)NCC[C@H](C=O)NC(=O)C(C)C)cc2F)c(F)c1. The molecule has 19 nitrogen and oxygen atoms in total. The molecular weight excluding hydrogens is 873 g/mol. The molecule has 0 spiro atoms. The van der Waals surface area contributed by atoms with Crippen LogP contribution >= 0.6 is 0 Å². The van der Waals surface area contributed by atoms with Crippen molar-refractivity contribution >= 4 is 59.1 Å². The molecule has 0 aromatic heterocycles. The second-order valence-corrected chi connectivity index (χ2v) is 15.2. The lowest BCUT2D eigenvalue weighted by atomic mass is 10.0. The summed E-state index contributed by atoms with van der Waals surface area (Å²) < 4.78 is 59.9. The van der Waals surface area contributed by atoms with Gasteiger partial charge in [-0.3, -0.25) is 44.6 Å². The van der Waals surface area contributed by atoms with Gasteiger partial charge in [-0.15, -0.1) is 0 Å². The monoisotopic (exact) mass is 928 g/mol. The zero-order valence-corrected chi connectivity index (χ0v) is 36.6. The quantitative estimate of drug-likeness (QED) is 0.0134. The Morgan fingerprint density at radius 1 is 0.667 bits per heavy atom. The zero-order valence-electron chi connectivity index (χ0n) is 36.6. The van der Waals surface area contributed by atoms with E-state index in [1.807, 2.05) is 10.9 Å². The molecule has 0 aliphatic carbocycles. The molecule has 66 heavy (non-hydrogen) atoms. The third kappa shape index (κ3) is 17.0. The maximum Gasteiger partial charge on any atom is 0.251 e. The van der Waals surface area contributed by atoms with Crippen LogP contribution < -0.4 is 60.0 Å². The molecule has 4 atom stereocenters. The molecule has 3 aromatic carbocycles. The first kappa shape index (κ1) is 53.0. The van der Waals surface area contributed by atoms with E-state index in [0.717, 1.165) is 0 Å². The molecule has 6 amide bonds. The average Bonchev–Trinajstić information content (AvgIpc) is 3.27.